The maximum Gasteiger partial charge on any atom is 0.0895 e. The summed E-state index contributed by atoms with van der Waals surface area (Å²) < 4.78 is 0. The van der Waals surface area contributed by atoms with Crippen molar-refractivity contribution in [2.24, 2.45) is 0 Å². The van der Waals surface area contributed by atoms with Gasteiger partial charge in [-0.25, -0.2) is 0 Å². The van der Waals surface area contributed by atoms with Gasteiger partial charge in [0.05, 0.1) is 23.5 Å². The van der Waals surface area contributed by atoms with E-state index in [4.69, 9.17) is 10.6 Å². The lowest BCUT2D eigenvalue weighted by molar-refractivity contribution is 0.748. The van der Waals surface area contributed by atoms with Crippen molar-refractivity contribution in [2.45, 2.75) is 92.9 Å². The van der Waals surface area contributed by atoms with Crippen LogP contribution in [0.25, 0.3) is 0 Å². The number of benzene rings is 2. The van der Waals surface area contributed by atoms with Crippen LogP contribution in [0.3, 0.4) is 0 Å². The van der Waals surface area contributed by atoms with Gasteiger partial charge in [-0.2, -0.15) is 0 Å². The fourth-order valence-electron chi connectivity index (χ4n) is 4.00. The number of hydrogen-bond acceptors (Lipinski definition) is 0. The summed E-state index contributed by atoms with van der Waals surface area (Å²) in [5, 5.41) is 10.2. The summed E-state index contributed by atoms with van der Waals surface area (Å²) in [7, 11) is 0. The Balaban J connectivity index is 2.21. The van der Waals surface area contributed by atoms with E-state index in [1.54, 1.807) is 0 Å². The number of rotatable bonds is 10. The SMILES string of the molecule is C[C]([CH][C](C)[N]c1c(C(C)C)cccc1C(C)C)[N]c1c(C(C)C)cccc1C(C)C. The van der Waals surface area contributed by atoms with Gasteiger partial charge in [0.25, 0.3) is 0 Å². The standard InChI is InChI=1S/C29H41N2/c1-18(2)24-13-11-14-25(19(3)4)28(24)30-22(9)17-23(10)31-29-26(20(5)6)15-12-16-27(29)21(7)8/h11-21H,1-10H3. The Morgan fingerprint density at radius 3 is 1.03 bits per heavy atom. The van der Waals surface area contributed by atoms with Crippen LogP contribution in [-0.4, -0.2) is 0 Å². The van der Waals surface area contributed by atoms with Gasteiger partial charge >= 0.3 is 0 Å². The van der Waals surface area contributed by atoms with E-state index in [1.807, 2.05) is 0 Å². The lowest BCUT2D eigenvalue weighted by Crippen LogP contribution is -2.18. The molecule has 0 aliphatic rings. The van der Waals surface area contributed by atoms with E-state index in [-0.39, 0.29) is 0 Å². The zero-order valence-electron chi connectivity index (χ0n) is 21.2. The second-order valence-corrected chi connectivity index (χ2v) is 9.84. The molecule has 2 rings (SSSR count). The van der Waals surface area contributed by atoms with E-state index in [2.05, 4.69) is 112 Å². The predicted molar refractivity (Wildman–Crippen MR) is 135 cm³/mol. The molecule has 0 spiro atoms. The summed E-state index contributed by atoms with van der Waals surface area (Å²) in [5.41, 5.74) is 7.47. The zero-order chi connectivity index (χ0) is 23.3. The Hall–Kier alpha value is -1.96. The van der Waals surface area contributed by atoms with Crippen molar-refractivity contribution in [2.75, 3.05) is 0 Å². The lowest BCUT2D eigenvalue weighted by Gasteiger charge is -2.24. The van der Waals surface area contributed by atoms with E-state index in [0.717, 1.165) is 23.5 Å². The first kappa shape index (κ1) is 25.3. The first-order valence-electron chi connectivity index (χ1n) is 11.7. The third-order valence-electron chi connectivity index (χ3n) is 5.68. The molecular weight excluding hydrogens is 376 g/mol. The summed E-state index contributed by atoms with van der Waals surface area (Å²) in [4.78, 5) is 0. The molecule has 0 amide bonds. The minimum Gasteiger partial charge on any atom is -0.275 e. The maximum absolute atomic E-state index is 5.08. The van der Waals surface area contributed by atoms with E-state index in [9.17, 15) is 0 Å². The van der Waals surface area contributed by atoms with Gasteiger partial charge in [-0.15, -0.1) is 0 Å². The molecule has 0 fully saturated rings. The van der Waals surface area contributed by atoms with E-state index in [0.29, 0.717) is 23.7 Å². The second-order valence-electron chi connectivity index (χ2n) is 9.84. The third kappa shape index (κ3) is 6.51. The lowest BCUT2D eigenvalue weighted by atomic mass is 9.91. The van der Waals surface area contributed by atoms with Crippen molar-refractivity contribution in [1.82, 2.24) is 10.6 Å². The van der Waals surface area contributed by atoms with Gasteiger partial charge in [-0.1, -0.05) is 91.8 Å². The van der Waals surface area contributed by atoms with Crippen LogP contribution in [0, 0.1) is 18.5 Å². The molecule has 0 aromatic heterocycles. The molecule has 0 bridgehead atoms. The third-order valence-corrected chi connectivity index (χ3v) is 5.68. The summed E-state index contributed by atoms with van der Waals surface area (Å²) >= 11 is 0. The van der Waals surface area contributed by atoms with Gasteiger partial charge in [0.1, 0.15) is 0 Å². The normalized spacial score (nSPS) is 12.1. The minimum atomic E-state index is 0.437. The van der Waals surface area contributed by atoms with Crippen LogP contribution in [0.15, 0.2) is 36.4 Å². The number of para-hydroxylation sites is 2. The molecule has 0 atom stereocenters. The Kier molecular flexibility index (Phi) is 9.03. The quantitative estimate of drug-likeness (QED) is 0.370. The van der Waals surface area contributed by atoms with Crippen molar-refractivity contribution in [3.63, 3.8) is 0 Å². The summed E-state index contributed by atoms with van der Waals surface area (Å²) in [6, 6.07) is 15.1. The van der Waals surface area contributed by atoms with Crippen molar-refractivity contribution in [1.29, 1.82) is 0 Å². The fourth-order valence-corrected chi connectivity index (χ4v) is 4.00. The summed E-state index contributed by atoms with van der Waals surface area (Å²) in [5.74, 6) is 1.75. The first-order valence-corrected chi connectivity index (χ1v) is 11.7. The molecule has 0 aliphatic carbocycles. The maximum atomic E-state index is 5.08. The van der Waals surface area contributed by atoms with Crippen molar-refractivity contribution in [3.05, 3.63) is 77.2 Å². The van der Waals surface area contributed by atoms with Crippen LogP contribution in [0.5, 0.6) is 0 Å². The molecule has 167 valence electrons. The molecule has 0 heterocycles. The largest absolute Gasteiger partial charge is 0.275 e. The van der Waals surface area contributed by atoms with Crippen LogP contribution < -0.4 is 10.6 Å². The zero-order valence-corrected chi connectivity index (χ0v) is 21.2. The Morgan fingerprint density at radius 1 is 0.548 bits per heavy atom. The average Bonchev–Trinajstić information content (AvgIpc) is 2.67. The first-order chi connectivity index (χ1) is 14.5. The van der Waals surface area contributed by atoms with E-state index < -0.39 is 0 Å². The molecule has 2 aromatic rings. The minimum absolute atomic E-state index is 0.437. The number of nitrogens with zero attached hydrogens (tertiary/aromatic N) is 2. The van der Waals surface area contributed by atoms with Crippen LogP contribution in [0.4, 0.5) is 11.4 Å². The van der Waals surface area contributed by atoms with Crippen LogP contribution in [0.1, 0.15) is 115 Å². The summed E-state index contributed by atoms with van der Waals surface area (Å²) in [6.07, 6.45) is 2.11. The van der Waals surface area contributed by atoms with Crippen LogP contribution >= 0.6 is 0 Å². The molecule has 5 radical (unpaired) electrons. The van der Waals surface area contributed by atoms with Crippen LogP contribution in [-0.2, 0) is 0 Å². The van der Waals surface area contributed by atoms with Gasteiger partial charge < -0.3 is 0 Å². The highest BCUT2D eigenvalue weighted by molar-refractivity contribution is 5.58. The second kappa shape index (κ2) is 11.1. The van der Waals surface area contributed by atoms with Gasteiger partial charge in [0.15, 0.2) is 0 Å². The van der Waals surface area contributed by atoms with Gasteiger partial charge in [-0.05, 0) is 59.8 Å². The highest BCUT2D eigenvalue weighted by Gasteiger charge is 2.22. The molecule has 2 aromatic carbocycles. The van der Waals surface area contributed by atoms with Crippen molar-refractivity contribution in [3.8, 4) is 0 Å². The molecule has 0 N–H and O–H groups in total. The molecule has 0 saturated heterocycles. The Bertz CT molecular complexity index is 711. The molecule has 2 nitrogen and oxygen atoms in total. The topological polar surface area (TPSA) is 28.2 Å². The van der Waals surface area contributed by atoms with Gasteiger partial charge in [0, 0.05) is 6.42 Å². The molecule has 0 unspecified atom stereocenters. The highest BCUT2D eigenvalue weighted by Crippen LogP contribution is 2.37. The van der Waals surface area contributed by atoms with Gasteiger partial charge in [-0.3, -0.25) is 10.6 Å². The molecule has 2 heteroatoms. The van der Waals surface area contributed by atoms with E-state index >= 15 is 0 Å². The monoisotopic (exact) mass is 417 g/mol. The van der Waals surface area contributed by atoms with E-state index in [1.165, 1.54) is 22.3 Å². The van der Waals surface area contributed by atoms with Crippen LogP contribution in [0.2, 0.25) is 0 Å². The van der Waals surface area contributed by atoms with Crippen molar-refractivity contribution < 1.29 is 0 Å². The fraction of sp³-hybridized carbons (Fsp3) is 0.483. The van der Waals surface area contributed by atoms with Crippen molar-refractivity contribution >= 4 is 11.4 Å². The van der Waals surface area contributed by atoms with Gasteiger partial charge in [0.2, 0.25) is 0 Å². The number of hydrogen-bond donors (Lipinski definition) is 0. The molecular formula is C29H41N2. The molecule has 31 heavy (non-hydrogen) atoms. The highest BCUT2D eigenvalue weighted by atomic mass is 15.0. The smallest absolute Gasteiger partial charge is 0.0895 e. The predicted octanol–water partition coefficient (Wildman–Crippen LogP) is 8.66. The molecule has 0 aliphatic heterocycles. The molecule has 0 saturated carbocycles. The average molecular weight is 418 g/mol. The summed E-state index contributed by atoms with van der Waals surface area (Å²) in [6.45, 7) is 22.1. The Labute approximate surface area is 192 Å². The Morgan fingerprint density at radius 2 is 0.806 bits per heavy atom.